The molecule has 11 heteroatoms. The maximum atomic E-state index is 14.0. The van der Waals surface area contributed by atoms with Crippen LogP contribution in [-0.2, 0) is 5.75 Å². The van der Waals surface area contributed by atoms with Gasteiger partial charge in [0.2, 0.25) is 0 Å². The quantitative estimate of drug-likeness (QED) is 0.341. The fourth-order valence-electron chi connectivity index (χ4n) is 2.18. The van der Waals surface area contributed by atoms with Crippen molar-refractivity contribution in [3.8, 4) is 0 Å². The molecule has 0 amide bonds. The molecule has 142 valence electrons. The van der Waals surface area contributed by atoms with Gasteiger partial charge in [-0.15, -0.1) is 0 Å². The molecule has 0 saturated carbocycles. The molecule has 3 rings (SSSR count). The van der Waals surface area contributed by atoms with Gasteiger partial charge in [0, 0.05) is 12.3 Å². The Kier molecular flexibility index (Phi) is 6.22. The minimum absolute atomic E-state index is 0.0243. The van der Waals surface area contributed by atoms with Crippen LogP contribution in [0.1, 0.15) is 5.56 Å². The van der Waals surface area contributed by atoms with Gasteiger partial charge in [-0.2, -0.15) is 0 Å². The number of benzene rings is 1. The molecule has 0 fully saturated rings. The number of rotatable bonds is 7. The number of aromatic amines is 1. The number of aromatic nitrogens is 4. The number of fused-ring (bicyclic) bond motifs is 1. The van der Waals surface area contributed by atoms with Crippen LogP contribution in [0, 0.1) is 5.82 Å². The molecule has 1 unspecified atom stereocenters. The molecule has 0 aliphatic rings. The minimum Gasteiger partial charge on any atom is -0.394 e. The first-order valence-electron chi connectivity index (χ1n) is 7.83. The van der Waals surface area contributed by atoms with Crippen molar-refractivity contribution in [2.45, 2.75) is 17.0 Å². The monoisotopic (exact) mass is 411 g/mol. The van der Waals surface area contributed by atoms with E-state index in [9.17, 15) is 14.3 Å². The van der Waals surface area contributed by atoms with E-state index in [0.717, 1.165) is 18.0 Å². The van der Waals surface area contributed by atoms with Crippen LogP contribution in [0.5, 0.6) is 0 Å². The lowest BCUT2D eigenvalue weighted by Gasteiger charge is -2.12. The van der Waals surface area contributed by atoms with Gasteiger partial charge in [0.15, 0.2) is 16.6 Å². The summed E-state index contributed by atoms with van der Waals surface area (Å²) in [5.74, 6) is -0.00839. The summed E-state index contributed by atoms with van der Waals surface area (Å²) in [6.45, 7) is -0.396. The van der Waals surface area contributed by atoms with Gasteiger partial charge in [-0.05, 0) is 11.6 Å². The van der Waals surface area contributed by atoms with Gasteiger partial charge in [-0.25, -0.2) is 19.3 Å². The second kappa shape index (κ2) is 8.61. The number of hydrogen-bond acceptors (Lipinski definition) is 8. The SMILES string of the molecule is O=c1cnc2c(NCC(O)CO)nc(SCc3cccc(Cl)c3F)nc2[nH]1. The Morgan fingerprint density at radius 2 is 2.19 bits per heavy atom. The van der Waals surface area contributed by atoms with Gasteiger partial charge in [0.25, 0.3) is 5.56 Å². The Morgan fingerprint density at radius 1 is 1.37 bits per heavy atom. The Morgan fingerprint density at radius 3 is 2.96 bits per heavy atom. The van der Waals surface area contributed by atoms with E-state index in [1.165, 1.54) is 6.07 Å². The fourth-order valence-corrected chi connectivity index (χ4v) is 3.20. The fraction of sp³-hybridized carbons (Fsp3) is 0.250. The molecule has 2 aromatic heterocycles. The number of thioether (sulfide) groups is 1. The zero-order valence-electron chi connectivity index (χ0n) is 13.8. The van der Waals surface area contributed by atoms with E-state index in [0.29, 0.717) is 11.1 Å². The predicted molar refractivity (Wildman–Crippen MR) is 101 cm³/mol. The predicted octanol–water partition coefficient (Wildman–Crippen LogP) is 1.56. The summed E-state index contributed by atoms with van der Waals surface area (Å²) < 4.78 is 14.0. The summed E-state index contributed by atoms with van der Waals surface area (Å²) in [5.41, 5.74) is 0.464. The summed E-state index contributed by atoms with van der Waals surface area (Å²) in [4.78, 5) is 26.7. The van der Waals surface area contributed by atoms with Crippen LogP contribution in [0.25, 0.3) is 11.2 Å². The van der Waals surface area contributed by atoms with Gasteiger partial charge < -0.3 is 20.5 Å². The van der Waals surface area contributed by atoms with E-state index in [4.69, 9.17) is 16.7 Å². The van der Waals surface area contributed by atoms with Crippen molar-refractivity contribution < 1.29 is 14.6 Å². The molecular formula is C16H15ClFN5O3S. The van der Waals surface area contributed by atoms with Gasteiger partial charge in [0.1, 0.15) is 11.3 Å². The van der Waals surface area contributed by atoms with Crippen molar-refractivity contribution in [3.05, 3.63) is 51.2 Å². The lowest BCUT2D eigenvalue weighted by atomic mass is 10.2. The van der Waals surface area contributed by atoms with Crippen LogP contribution in [0.4, 0.5) is 10.2 Å². The number of nitrogens with zero attached hydrogens (tertiary/aromatic N) is 3. The Hall–Kier alpha value is -2.27. The molecule has 1 atom stereocenters. The van der Waals surface area contributed by atoms with Gasteiger partial charge in [-0.1, -0.05) is 35.5 Å². The van der Waals surface area contributed by atoms with Gasteiger partial charge in [0.05, 0.1) is 23.9 Å². The highest BCUT2D eigenvalue weighted by molar-refractivity contribution is 7.98. The van der Waals surface area contributed by atoms with Crippen molar-refractivity contribution in [3.63, 3.8) is 0 Å². The zero-order valence-corrected chi connectivity index (χ0v) is 15.4. The number of aliphatic hydroxyl groups is 2. The molecule has 0 spiro atoms. The molecule has 0 bridgehead atoms. The first kappa shape index (κ1) is 19.5. The highest BCUT2D eigenvalue weighted by Gasteiger charge is 2.13. The molecular weight excluding hydrogens is 397 g/mol. The number of H-pyrrole nitrogens is 1. The highest BCUT2D eigenvalue weighted by Crippen LogP contribution is 2.27. The van der Waals surface area contributed by atoms with Crippen LogP contribution < -0.4 is 10.9 Å². The van der Waals surface area contributed by atoms with Crippen molar-refractivity contribution in [1.29, 1.82) is 0 Å². The molecule has 8 nitrogen and oxygen atoms in total. The van der Waals surface area contributed by atoms with Crippen LogP contribution >= 0.6 is 23.4 Å². The molecule has 0 saturated heterocycles. The van der Waals surface area contributed by atoms with E-state index in [-0.39, 0.29) is 33.9 Å². The second-order valence-electron chi connectivity index (χ2n) is 5.52. The number of hydrogen-bond donors (Lipinski definition) is 4. The lowest BCUT2D eigenvalue weighted by Crippen LogP contribution is -2.24. The summed E-state index contributed by atoms with van der Waals surface area (Å²) >= 11 is 6.93. The summed E-state index contributed by atoms with van der Waals surface area (Å²) in [6.07, 6.45) is 0.0995. The second-order valence-corrected chi connectivity index (χ2v) is 6.87. The molecule has 2 heterocycles. The molecule has 0 aliphatic carbocycles. The number of halogens is 2. The summed E-state index contributed by atoms with van der Waals surface area (Å²) in [6, 6.07) is 4.71. The first-order chi connectivity index (χ1) is 13.0. The van der Waals surface area contributed by atoms with Crippen molar-refractivity contribution in [2.24, 2.45) is 0 Å². The minimum atomic E-state index is -0.991. The molecule has 4 N–H and O–H groups in total. The molecule has 1 aromatic carbocycles. The van der Waals surface area contributed by atoms with E-state index < -0.39 is 24.1 Å². The maximum absolute atomic E-state index is 14.0. The lowest BCUT2D eigenvalue weighted by molar-refractivity contribution is 0.105. The van der Waals surface area contributed by atoms with E-state index >= 15 is 0 Å². The molecule has 27 heavy (non-hydrogen) atoms. The third-order valence-electron chi connectivity index (χ3n) is 3.52. The average Bonchev–Trinajstić information content (AvgIpc) is 2.66. The van der Waals surface area contributed by atoms with Crippen molar-refractivity contribution in [1.82, 2.24) is 19.9 Å². The third-order valence-corrected chi connectivity index (χ3v) is 4.71. The van der Waals surface area contributed by atoms with Crippen LogP contribution in [-0.4, -0.2) is 49.4 Å². The molecule has 0 radical (unpaired) electrons. The number of aliphatic hydroxyl groups excluding tert-OH is 2. The van der Waals surface area contributed by atoms with Gasteiger partial charge in [-0.3, -0.25) is 4.79 Å². The maximum Gasteiger partial charge on any atom is 0.268 e. The highest BCUT2D eigenvalue weighted by atomic mass is 35.5. The summed E-state index contributed by atoms with van der Waals surface area (Å²) in [7, 11) is 0. The smallest absolute Gasteiger partial charge is 0.268 e. The van der Waals surface area contributed by atoms with E-state index in [1.807, 2.05) is 0 Å². The Bertz CT molecular complexity index is 1020. The Balaban J connectivity index is 1.90. The van der Waals surface area contributed by atoms with Crippen LogP contribution in [0.2, 0.25) is 5.02 Å². The van der Waals surface area contributed by atoms with E-state index in [1.54, 1.807) is 12.1 Å². The number of anilines is 1. The zero-order chi connectivity index (χ0) is 19.4. The third kappa shape index (κ3) is 4.72. The normalized spacial score (nSPS) is 12.3. The largest absolute Gasteiger partial charge is 0.394 e. The van der Waals surface area contributed by atoms with Crippen LogP contribution in [0.15, 0.2) is 34.3 Å². The first-order valence-corrected chi connectivity index (χ1v) is 9.20. The Labute approximate surface area is 161 Å². The van der Waals surface area contributed by atoms with Crippen LogP contribution in [0.3, 0.4) is 0 Å². The van der Waals surface area contributed by atoms with E-state index in [2.05, 4.69) is 25.3 Å². The summed E-state index contributed by atoms with van der Waals surface area (Å²) in [5, 5.41) is 21.6. The van der Waals surface area contributed by atoms with Crippen molar-refractivity contribution >= 4 is 40.3 Å². The average molecular weight is 412 g/mol. The standard InChI is InChI=1S/C16H15ClFN5O3S/c17-10-3-1-2-8(12(10)18)7-27-16-22-14(20-4-9(25)6-24)13-15(23-16)21-11(26)5-19-13/h1-3,5,9,24-25H,4,6-7H2,(H2,20,21,22,23,26). The van der Waals surface area contributed by atoms with Gasteiger partial charge >= 0.3 is 0 Å². The molecule has 3 aromatic rings. The van der Waals surface area contributed by atoms with Crippen molar-refractivity contribution in [2.75, 3.05) is 18.5 Å². The topological polar surface area (TPSA) is 124 Å². The number of nitrogens with one attached hydrogen (secondary N) is 2. The molecule has 0 aliphatic heterocycles.